The fourth-order valence-electron chi connectivity index (χ4n) is 1.12. The van der Waals surface area contributed by atoms with E-state index in [9.17, 15) is 8.42 Å². The molecule has 0 aromatic heterocycles. The predicted octanol–water partition coefficient (Wildman–Crippen LogP) is 0.299. The van der Waals surface area contributed by atoms with Gasteiger partial charge < -0.3 is 5.32 Å². The molecule has 0 radical (unpaired) electrons. The average Bonchev–Trinajstić information content (AvgIpc) is 2.83. The SMILES string of the molecule is CNCCN(C)S(=O)(=O)CC1CC1.Cl. The van der Waals surface area contributed by atoms with Crippen LogP contribution in [-0.4, -0.2) is 45.7 Å². The minimum absolute atomic E-state index is 0. The van der Waals surface area contributed by atoms with Crippen LogP contribution in [0.4, 0.5) is 0 Å². The molecule has 0 bridgehead atoms. The molecule has 1 aliphatic carbocycles. The van der Waals surface area contributed by atoms with Crippen LogP contribution in [0.5, 0.6) is 0 Å². The van der Waals surface area contributed by atoms with Crippen LogP contribution in [0.15, 0.2) is 0 Å². The zero-order valence-corrected chi connectivity index (χ0v) is 10.3. The minimum atomic E-state index is -2.98. The number of nitrogens with one attached hydrogen (secondary N) is 1. The highest BCUT2D eigenvalue weighted by atomic mass is 35.5. The van der Waals surface area contributed by atoms with Crippen LogP contribution in [-0.2, 0) is 10.0 Å². The molecule has 0 aromatic carbocycles. The second-order valence-corrected chi connectivity index (χ2v) is 5.77. The molecule has 86 valence electrons. The highest BCUT2D eigenvalue weighted by Gasteiger charge is 2.29. The van der Waals surface area contributed by atoms with Gasteiger partial charge in [-0.1, -0.05) is 0 Å². The van der Waals surface area contributed by atoms with E-state index in [4.69, 9.17) is 0 Å². The average molecular weight is 243 g/mol. The van der Waals surface area contributed by atoms with E-state index < -0.39 is 10.0 Å². The number of likely N-dealkylation sites (N-methyl/N-ethyl adjacent to an activating group) is 2. The zero-order chi connectivity index (χ0) is 9.90. The van der Waals surface area contributed by atoms with Crippen molar-refractivity contribution in [1.82, 2.24) is 9.62 Å². The highest BCUT2D eigenvalue weighted by Crippen LogP contribution is 2.30. The maximum Gasteiger partial charge on any atom is 0.214 e. The van der Waals surface area contributed by atoms with Gasteiger partial charge in [-0.05, 0) is 25.8 Å². The van der Waals surface area contributed by atoms with Crippen LogP contribution < -0.4 is 5.32 Å². The van der Waals surface area contributed by atoms with Crippen molar-refractivity contribution in [3.63, 3.8) is 0 Å². The van der Waals surface area contributed by atoms with Crippen molar-refractivity contribution in [1.29, 1.82) is 0 Å². The quantitative estimate of drug-likeness (QED) is 0.729. The fourth-order valence-corrected chi connectivity index (χ4v) is 2.67. The smallest absolute Gasteiger partial charge is 0.214 e. The minimum Gasteiger partial charge on any atom is -0.318 e. The summed E-state index contributed by atoms with van der Waals surface area (Å²) in [5, 5.41) is 2.93. The van der Waals surface area contributed by atoms with Gasteiger partial charge in [-0.25, -0.2) is 12.7 Å². The van der Waals surface area contributed by atoms with Gasteiger partial charge in [-0.2, -0.15) is 0 Å². The van der Waals surface area contributed by atoms with Gasteiger partial charge in [0.25, 0.3) is 0 Å². The number of hydrogen-bond acceptors (Lipinski definition) is 3. The fraction of sp³-hybridized carbons (Fsp3) is 1.00. The van der Waals surface area contributed by atoms with Crippen molar-refractivity contribution in [3.05, 3.63) is 0 Å². The predicted molar refractivity (Wildman–Crippen MR) is 60.3 cm³/mol. The number of halogens is 1. The van der Waals surface area contributed by atoms with Gasteiger partial charge in [0.1, 0.15) is 0 Å². The molecule has 1 N–H and O–H groups in total. The van der Waals surface area contributed by atoms with Crippen LogP contribution >= 0.6 is 12.4 Å². The Kier molecular flexibility index (Phi) is 5.97. The normalized spacial score (nSPS) is 16.8. The van der Waals surface area contributed by atoms with E-state index >= 15 is 0 Å². The van der Waals surface area contributed by atoms with Gasteiger partial charge in [0, 0.05) is 20.1 Å². The van der Waals surface area contributed by atoms with E-state index in [1.54, 1.807) is 7.05 Å². The molecule has 0 aliphatic heterocycles. The molecule has 4 nitrogen and oxygen atoms in total. The molecule has 6 heteroatoms. The summed E-state index contributed by atoms with van der Waals surface area (Å²) in [5.74, 6) is 0.773. The van der Waals surface area contributed by atoms with Crippen LogP contribution in [0.2, 0.25) is 0 Å². The van der Waals surface area contributed by atoms with Crippen LogP contribution in [0.1, 0.15) is 12.8 Å². The molecule has 0 aromatic rings. The first-order chi connectivity index (χ1) is 6.06. The first-order valence-electron chi connectivity index (χ1n) is 4.65. The highest BCUT2D eigenvalue weighted by molar-refractivity contribution is 7.89. The lowest BCUT2D eigenvalue weighted by molar-refractivity contribution is 0.464. The van der Waals surface area contributed by atoms with E-state index in [0.717, 1.165) is 12.8 Å². The summed E-state index contributed by atoms with van der Waals surface area (Å²) >= 11 is 0. The number of sulfonamides is 1. The van der Waals surface area contributed by atoms with E-state index in [-0.39, 0.29) is 12.4 Å². The Bertz CT molecular complexity index is 252. The lowest BCUT2D eigenvalue weighted by Gasteiger charge is -2.16. The van der Waals surface area contributed by atoms with E-state index in [1.807, 2.05) is 7.05 Å². The second-order valence-electron chi connectivity index (χ2n) is 3.65. The Hall–Kier alpha value is 0.160. The summed E-state index contributed by atoms with van der Waals surface area (Å²) in [4.78, 5) is 0. The van der Waals surface area contributed by atoms with Crippen LogP contribution in [0.3, 0.4) is 0 Å². The molecular formula is C8H19ClN2O2S. The molecule has 1 aliphatic rings. The lowest BCUT2D eigenvalue weighted by atomic mass is 10.5. The molecule has 1 fully saturated rings. The van der Waals surface area contributed by atoms with E-state index in [2.05, 4.69) is 5.32 Å². The maximum absolute atomic E-state index is 11.6. The molecule has 0 amide bonds. The standard InChI is InChI=1S/C8H18N2O2S.ClH/c1-9-5-6-10(2)13(11,12)7-8-3-4-8;/h8-9H,3-7H2,1-2H3;1H. The molecule has 14 heavy (non-hydrogen) atoms. The molecule has 1 rings (SSSR count). The molecule has 0 spiro atoms. The Labute approximate surface area is 92.5 Å². The molecule has 0 saturated heterocycles. The van der Waals surface area contributed by atoms with Gasteiger partial charge in [0.15, 0.2) is 0 Å². The van der Waals surface area contributed by atoms with Gasteiger partial charge in [0.05, 0.1) is 5.75 Å². The Morgan fingerprint density at radius 2 is 2.00 bits per heavy atom. The van der Waals surface area contributed by atoms with Gasteiger partial charge in [0.2, 0.25) is 10.0 Å². The summed E-state index contributed by atoms with van der Waals surface area (Å²) < 4.78 is 24.6. The Morgan fingerprint density at radius 3 is 2.43 bits per heavy atom. The summed E-state index contributed by atoms with van der Waals surface area (Å²) in [6.07, 6.45) is 2.16. The van der Waals surface area contributed by atoms with Gasteiger partial charge in [-0.3, -0.25) is 0 Å². The third-order valence-electron chi connectivity index (χ3n) is 2.29. The Balaban J connectivity index is 0.00000169. The van der Waals surface area contributed by atoms with E-state index in [1.165, 1.54) is 4.31 Å². The third-order valence-corrected chi connectivity index (χ3v) is 4.32. The number of nitrogens with zero attached hydrogens (tertiary/aromatic N) is 1. The van der Waals surface area contributed by atoms with Crippen molar-refractivity contribution >= 4 is 22.4 Å². The van der Waals surface area contributed by atoms with Gasteiger partial charge >= 0.3 is 0 Å². The molecular weight excluding hydrogens is 224 g/mol. The largest absolute Gasteiger partial charge is 0.318 e. The van der Waals surface area contributed by atoms with E-state index in [0.29, 0.717) is 24.8 Å². The number of hydrogen-bond donors (Lipinski definition) is 1. The zero-order valence-electron chi connectivity index (χ0n) is 8.69. The maximum atomic E-state index is 11.6. The molecule has 1 saturated carbocycles. The second kappa shape index (κ2) is 5.90. The monoisotopic (exact) mass is 242 g/mol. The first kappa shape index (κ1) is 14.2. The number of rotatable bonds is 6. The van der Waals surface area contributed by atoms with Crippen LogP contribution in [0, 0.1) is 5.92 Å². The van der Waals surface area contributed by atoms with Crippen molar-refractivity contribution < 1.29 is 8.42 Å². The van der Waals surface area contributed by atoms with Crippen molar-refractivity contribution in [3.8, 4) is 0 Å². The third kappa shape index (κ3) is 4.59. The molecule has 0 unspecified atom stereocenters. The summed E-state index contributed by atoms with van der Waals surface area (Å²) in [5.41, 5.74) is 0. The summed E-state index contributed by atoms with van der Waals surface area (Å²) in [6.45, 7) is 1.27. The topological polar surface area (TPSA) is 49.4 Å². The van der Waals surface area contributed by atoms with Crippen molar-refractivity contribution in [2.75, 3.05) is 32.9 Å². The van der Waals surface area contributed by atoms with Gasteiger partial charge in [-0.15, -0.1) is 12.4 Å². The van der Waals surface area contributed by atoms with Crippen molar-refractivity contribution in [2.45, 2.75) is 12.8 Å². The Morgan fingerprint density at radius 1 is 1.43 bits per heavy atom. The lowest BCUT2D eigenvalue weighted by Crippen LogP contribution is -2.34. The molecule has 0 atom stereocenters. The first-order valence-corrected chi connectivity index (χ1v) is 6.26. The van der Waals surface area contributed by atoms with Crippen LogP contribution in [0.25, 0.3) is 0 Å². The van der Waals surface area contributed by atoms with Crippen molar-refractivity contribution in [2.24, 2.45) is 5.92 Å². The molecule has 0 heterocycles. The summed E-state index contributed by atoms with van der Waals surface area (Å²) in [7, 11) is 0.493. The summed E-state index contributed by atoms with van der Waals surface area (Å²) in [6, 6.07) is 0.